The van der Waals surface area contributed by atoms with Gasteiger partial charge >= 0.3 is 0 Å². The molecule has 0 unspecified atom stereocenters. The van der Waals surface area contributed by atoms with Crippen molar-refractivity contribution in [2.45, 2.75) is 27.7 Å². The van der Waals surface area contributed by atoms with E-state index in [9.17, 15) is 9.18 Å². The number of hydrogen-bond donors (Lipinski definition) is 0. The maximum absolute atomic E-state index is 13.5. The molecule has 1 amide bonds. The zero-order chi connectivity index (χ0) is 19.8. The van der Waals surface area contributed by atoms with Crippen molar-refractivity contribution in [3.05, 3.63) is 41.3 Å². The van der Waals surface area contributed by atoms with Crippen molar-refractivity contribution in [1.29, 1.82) is 0 Å². The van der Waals surface area contributed by atoms with Gasteiger partial charge in [0.2, 0.25) is 0 Å². The third kappa shape index (κ3) is 4.56. The molecular formula is C21H29FN4O. The van der Waals surface area contributed by atoms with Crippen LogP contribution in [-0.4, -0.2) is 58.2 Å². The lowest BCUT2D eigenvalue weighted by Gasteiger charge is -2.37. The fourth-order valence-corrected chi connectivity index (χ4v) is 3.59. The highest BCUT2D eigenvalue weighted by Gasteiger charge is 2.26. The number of nitrogens with zero attached hydrogens (tertiary/aromatic N) is 4. The molecule has 1 aliphatic heterocycles. The lowest BCUT2D eigenvalue weighted by Crippen LogP contribution is -2.50. The van der Waals surface area contributed by atoms with Crippen LogP contribution in [-0.2, 0) is 7.05 Å². The van der Waals surface area contributed by atoms with E-state index in [2.05, 4.69) is 30.8 Å². The summed E-state index contributed by atoms with van der Waals surface area (Å²) in [5.41, 5.74) is 2.95. The monoisotopic (exact) mass is 372 g/mol. The number of piperazine rings is 1. The minimum atomic E-state index is -0.231. The van der Waals surface area contributed by atoms with Gasteiger partial charge in [0.15, 0.2) is 5.69 Å². The number of rotatable bonds is 3. The molecule has 5 nitrogen and oxygen atoms in total. The third-order valence-electron chi connectivity index (χ3n) is 4.91. The number of aromatic nitrogens is 2. The van der Waals surface area contributed by atoms with E-state index in [0.717, 1.165) is 44.0 Å². The number of benzene rings is 1. The zero-order valence-corrected chi connectivity index (χ0v) is 16.9. The van der Waals surface area contributed by atoms with Gasteiger partial charge in [-0.15, -0.1) is 0 Å². The number of carbonyl (C=O) groups excluding carboxylic acids is 1. The van der Waals surface area contributed by atoms with E-state index < -0.39 is 0 Å². The van der Waals surface area contributed by atoms with Crippen LogP contribution >= 0.6 is 0 Å². The summed E-state index contributed by atoms with van der Waals surface area (Å²) in [4.78, 5) is 17.2. The standard InChI is InChI=1S/C21H29FN4O/c1-15-12-16(6-7-17(15)22)19-13-18(23-24(19)5)20(27)26-10-8-25(9-11-26)14-21(2,3)4/h6-7,12-13H,8-11,14H2,1-5H3. The molecule has 3 rings (SSSR count). The van der Waals surface area contributed by atoms with Crippen molar-refractivity contribution in [1.82, 2.24) is 19.6 Å². The quantitative estimate of drug-likeness (QED) is 0.830. The third-order valence-corrected chi connectivity index (χ3v) is 4.91. The molecule has 1 aliphatic rings. The molecule has 1 aromatic carbocycles. The Hall–Kier alpha value is -2.21. The molecule has 0 saturated carbocycles. The van der Waals surface area contributed by atoms with Gasteiger partial charge in [0.1, 0.15) is 5.82 Å². The Kier molecular flexibility index (Phi) is 5.38. The highest BCUT2D eigenvalue weighted by Crippen LogP contribution is 2.23. The molecule has 0 spiro atoms. The summed E-state index contributed by atoms with van der Waals surface area (Å²) < 4.78 is 15.2. The molecule has 0 aliphatic carbocycles. The fourth-order valence-electron chi connectivity index (χ4n) is 3.59. The van der Waals surface area contributed by atoms with Gasteiger partial charge in [0.25, 0.3) is 5.91 Å². The maximum atomic E-state index is 13.5. The van der Waals surface area contributed by atoms with E-state index in [0.29, 0.717) is 11.3 Å². The molecule has 0 bridgehead atoms. The zero-order valence-electron chi connectivity index (χ0n) is 16.9. The molecule has 0 N–H and O–H groups in total. The van der Waals surface area contributed by atoms with Crippen LogP contribution in [0.5, 0.6) is 0 Å². The fraction of sp³-hybridized carbons (Fsp3) is 0.524. The largest absolute Gasteiger partial charge is 0.335 e. The summed E-state index contributed by atoms with van der Waals surface area (Å²) >= 11 is 0. The highest BCUT2D eigenvalue weighted by molar-refractivity contribution is 5.93. The Morgan fingerprint density at radius 3 is 2.41 bits per heavy atom. The Morgan fingerprint density at radius 2 is 1.81 bits per heavy atom. The van der Waals surface area contributed by atoms with Crippen LogP contribution in [0.3, 0.4) is 0 Å². The predicted octanol–water partition coefficient (Wildman–Crippen LogP) is 3.34. The van der Waals surface area contributed by atoms with Crippen LogP contribution in [0.15, 0.2) is 24.3 Å². The molecule has 27 heavy (non-hydrogen) atoms. The number of carbonyl (C=O) groups is 1. The Balaban J connectivity index is 1.71. The number of hydrogen-bond acceptors (Lipinski definition) is 3. The molecule has 2 heterocycles. The number of halogens is 1. The lowest BCUT2D eigenvalue weighted by atomic mass is 9.96. The summed E-state index contributed by atoms with van der Waals surface area (Å²) in [6, 6.07) is 6.76. The minimum absolute atomic E-state index is 0.0360. The second-order valence-corrected chi connectivity index (χ2v) is 8.63. The van der Waals surface area contributed by atoms with Crippen LogP contribution in [0.1, 0.15) is 36.8 Å². The van der Waals surface area contributed by atoms with Gasteiger partial charge in [-0.25, -0.2) is 4.39 Å². The van der Waals surface area contributed by atoms with E-state index in [4.69, 9.17) is 0 Å². The van der Waals surface area contributed by atoms with Gasteiger partial charge in [0.05, 0.1) is 5.69 Å². The smallest absolute Gasteiger partial charge is 0.274 e. The van der Waals surface area contributed by atoms with E-state index in [1.165, 1.54) is 6.07 Å². The SMILES string of the molecule is Cc1cc(-c2cc(C(=O)N3CCN(CC(C)(C)C)CC3)nn2C)ccc1F. The molecule has 1 aromatic heterocycles. The van der Waals surface area contributed by atoms with E-state index >= 15 is 0 Å². The first-order chi connectivity index (χ1) is 12.6. The molecule has 1 saturated heterocycles. The normalized spacial score (nSPS) is 16.0. The van der Waals surface area contributed by atoms with E-state index in [-0.39, 0.29) is 17.1 Å². The molecule has 0 radical (unpaired) electrons. The molecule has 0 atom stereocenters. The average molecular weight is 372 g/mol. The number of amides is 1. The average Bonchev–Trinajstić information content (AvgIpc) is 2.98. The highest BCUT2D eigenvalue weighted by atomic mass is 19.1. The van der Waals surface area contributed by atoms with Crippen molar-refractivity contribution in [2.24, 2.45) is 12.5 Å². The summed E-state index contributed by atoms with van der Waals surface area (Å²) in [7, 11) is 1.81. The van der Waals surface area contributed by atoms with Crippen LogP contribution in [0, 0.1) is 18.2 Å². The van der Waals surface area contributed by atoms with E-state index in [1.807, 2.05) is 11.9 Å². The molecule has 146 valence electrons. The summed E-state index contributed by atoms with van der Waals surface area (Å²) in [5, 5.41) is 4.41. The van der Waals surface area contributed by atoms with Crippen molar-refractivity contribution in [2.75, 3.05) is 32.7 Å². The van der Waals surface area contributed by atoms with Gasteiger partial charge in [-0.2, -0.15) is 5.10 Å². The van der Waals surface area contributed by atoms with Gasteiger partial charge in [-0.3, -0.25) is 14.4 Å². The second kappa shape index (κ2) is 7.43. The van der Waals surface area contributed by atoms with Gasteiger partial charge in [-0.1, -0.05) is 20.8 Å². The van der Waals surface area contributed by atoms with Gasteiger partial charge in [-0.05, 0) is 42.2 Å². The van der Waals surface area contributed by atoms with Crippen LogP contribution in [0.2, 0.25) is 0 Å². The van der Waals surface area contributed by atoms with Gasteiger partial charge in [0, 0.05) is 45.3 Å². The van der Waals surface area contributed by atoms with Crippen LogP contribution < -0.4 is 0 Å². The van der Waals surface area contributed by atoms with Crippen molar-refractivity contribution in [3.8, 4) is 11.3 Å². The predicted molar refractivity (Wildman–Crippen MR) is 105 cm³/mol. The Bertz CT molecular complexity index is 829. The molecule has 2 aromatic rings. The Labute approximate surface area is 160 Å². The summed E-state index contributed by atoms with van der Waals surface area (Å²) in [6.45, 7) is 12.7. The second-order valence-electron chi connectivity index (χ2n) is 8.63. The first-order valence-electron chi connectivity index (χ1n) is 9.46. The Morgan fingerprint density at radius 1 is 1.15 bits per heavy atom. The van der Waals surface area contributed by atoms with Crippen LogP contribution in [0.25, 0.3) is 11.3 Å². The minimum Gasteiger partial charge on any atom is -0.335 e. The van der Waals surface area contributed by atoms with Crippen molar-refractivity contribution in [3.63, 3.8) is 0 Å². The summed E-state index contributed by atoms with van der Waals surface area (Å²) in [5.74, 6) is -0.267. The van der Waals surface area contributed by atoms with Crippen molar-refractivity contribution < 1.29 is 9.18 Å². The summed E-state index contributed by atoms with van der Waals surface area (Å²) in [6.07, 6.45) is 0. The molecule has 1 fully saturated rings. The maximum Gasteiger partial charge on any atom is 0.274 e. The van der Waals surface area contributed by atoms with E-state index in [1.54, 1.807) is 29.8 Å². The first kappa shape index (κ1) is 19.5. The lowest BCUT2D eigenvalue weighted by molar-refractivity contribution is 0.0586. The molecule has 6 heteroatoms. The van der Waals surface area contributed by atoms with Gasteiger partial charge < -0.3 is 4.90 Å². The first-order valence-corrected chi connectivity index (χ1v) is 9.46. The topological polar surface area (TPSA) is 41.4 Å². The van der Waals surface area contributed by atoms with Crippen molar-refractivity contribution >= 4 is 5.91 Å². The van der Waals surface area contributed by atoms with Crippen LogP contribution in [0.4, 0.5) is 4.39 Å². The molecular weight excluding hydrogens is 343 g/mol. The number of aryl methyl sites for hydroxylation is 2.